The van der Waals surface area contributed by atoms with Crippen molar-refractivity contribution in [3.8, 4) is 0 Å². The molecule has 0 unspecified atom stereocenters. The summed E-state index contributed by atoms with van der Waals surface area (Å²) in [6.45, 7) is 26.4. The first kappa shape index (κ1) is 24.7. The van der Waals surface area contributed by atoms with Crippen LogP contribution in [0.1, 0.15) is 6.42 Å². The molecule has 1 saturated heterocycles. The quantitative estimate of drug-likeness (QED) is 0.487. The minimum absolute atomic E-state index is 0.0511. The highest BCUT2D eigenvalue weighted by molar-refractivity contribution is 6.71. The second-order valence-electron chi connectivity index (χ2n) is 11.1. The van der Waals surface area contributed by atoms with Gasteiger partial charge in [-0.05, 0) is 78.6 Å². The highest BCUT2D eigenvalue weighted by Crippen LogP contribution is 2.33. The maximum Gasteiger partial charge on any atom is 0.187 e. The van der Waals surface area contributed by atoms with E-state index in [1.54, 1.807) is 0 Å². The molecular formula is C17H42O5Si4. The Hall–Kier alpha value is 0.668. The molecule has 5 nitrogen and oxygen atoms in total. The van der Waals surface area contributed by atoms with E-state index in [2.05, 4.69) is 78.6 Å². The lowest BCUT2D eigenvalue weighted by Crippen LogP contribution is -2.59. The van der Waals surface area contributed by atoms with E-state index < -0.39 is 39.6 Å². The van der Waals surface area contributed by atoms with Crippen LogP contribution in [0.4, 0.5) is 0 Å². The second-order valence-corrected chi connectivity index (χ2v) is 28.9. The van der Waals surface area contributed by atoms with Gasteiger partial charge < -0.3 is 22.4 Å². The molecule has 1 aliphatic heterocycles. The summed E-state index contributed by atoms with van der Waals surface area (Å²) < 4.78 is 32.1. The average molecular weight is 439 g/mol. The lowest BCUT2D eigenvalue weighted by molar-refractivity contribution is -0.274. The summed E-state index contributed by atoms with van der Waals surface area (Å²) in [4.78, 5) is 0. The molecular weight excluding hydrogens is 397 g/mol. The van der Waals surface area contributed by atoms with E-state index in [1.165, 1.54) is 0 Å². The van der Waals surface area contributed by atoms with Crippen LogP contribution in [-0.4, -0.2) is 58.1 Å². The summed E-state index contributed by atoms with van der Waals surface area (Å²) >= 11 is 0. The van der Waals surface area contributed by atoms with Gasteiger partial charge in [-0.2, -0.15) is 0 Å². The van der Waals surface area contributed by atoms with Gasteiger partial charge in [-0.1, -0.05) is 0 Å². The van der Waals surface area contributed by atoms with Crippen LogP contribution in [0.15, 0.2) is 0 Å². The fourth-order valence-corrected chi connectivity index (χ4v) is 6.85. The molecule has 0 aromatic carbocycles. The molecule has 9 heteroatoms. The largest absolute Gasteiger partial charge is 0.412 e. The fraction of sp³-hybridized carbons (Fsp3) is 1.00. The molecule has 0 N–H and O–H groups in total. The van der Waals surface area contributed by atoms with Crippen molar-refractivity contribution in [1.29, 1.82) is 0 Å². The minimum atomic E-state index is -1.82. The third kappa shape index (κ3) is 10.3. The van der Waals surface area contributed by atoms with E-state index in [-0.39, 0.29) is 18.5 Å². The van der Waals surface area contributed by atoms with Crippen LogP contribution in [0.5, 0.6) is 0 Å². The summed E-state index contributed by atoms with van der Waals surface area (Å²) in [6, 6.07) is 0. The maximum atomic E-state index is 6.55. The zero-order chi connectivity index (χ0) is 20.6. The Bertz CT molecular complexity index is 422. The summed E-state index contributed by atoms with van der Waals surface area (Å²) in [7, 11) is -7.09. The Morgan fingerprint density at radius 1 is 0.577 bits per heavy atom. The van der Waals surface area contributed by atoms with Crippen molar-refractivity contribution in [2.45, 2.75) is 110 Å². The SMILES string of the molecule is C[Si](C)(C)O[C@@H]1C[C@H](O[Si](C)(C)C)[C@H](O[Si](C)(C)C)[C@H](O[Si](C)(C)C)O1. The van der Waals surface area contributed by atoms with Crippen LogP contribution in [0.3, 0.4) is 0 Å². The first-order chi connectivity index (χ1) is 11.3. The van der Waals surface area contributed by atoms with Gasteiger partial charge in [-0.15, -0.1) is 0 Å². The molecule has 0 bridgehead atoms. The number of hydrogen-bond acceptors (Lipinski definition) is 5. The Labute approximate surface area is 165 Å². The predicted octanol–water partition coefficient (Wildman–Crippen LogP) is 5.20. The first-order valence-electron chi connectivity index (χ1n) is 9.71. The Kier molecular flexibility index (Phi) is 8.15. The lowest BCUT2D eigenvalue weighted by Gasteiger charge is -2.47. The molecule has 0 radical (unpaired) electrons. The highest BCUT2D eigenvalue weighted by Gasteiger charge is 2.46. The third-order valence-electron chi connectivity index (χ3n) is 3.29. The monoisotopic (exact) mass is 438 g/mol. The normalized spacial score (nSPS) is 29.1. The van der Waals surface area contributed by atoms with Gasteiger partial charge in [-0.25, -0.2) is 0 Å². The Balaban J connectivity index is 3.14. The summed E-state index contributed by atoms with van der Waals surface area (Å²) in [5, 5.41) is 0. The topological polar surface area (TPSA) is 46.2 Å². The van der Waals surface area contributed by atoms with Gasteiger partial charge in [0.25, 0.3) is 0 Å². The standard InChI is InChI=1S/C17H42O5Si4/c1-23(2,3)19-14-13-15(20-24(4,5)6)18-17(22-26(10,11)12)16(14)21-25(7,8)9/h14-17H,13H2,1-12H3/t14-,15+,16-,17-/m0/s1. The molecule has 0 aliphatic carbocycles. The summed E-state index contributed by atoms with van der Waals surface area (Å²) in [5.74, 6) is 0. The molecule has 1 rings (SSSR count). The van der Waals surface area contributed by atoms with Gasteiger partial charge in [0.2, 0.25) is 0 Å². The highest BCUT2D eigenvalue weighted by atomic mass is 28.4. The Morgan fingerprint density at radius 3 is 1.38 bits per heavy atom. The molecule has 0 aromatic rings. The van der Waals surface area contributed by atoms with Gasteiger partial charge in [0, 0.05) is 6.42 Å². The second kappa shape index (κ2) is 8.58. The van der Waals surface area contributed by atoms with Crippen molar-refractivity contribution < 1.29 is 22.4 Å². The first-order valence-corrected chi connectivity index (χ1v) is 23.3. The maximum absolute atomic E-state index is 6.55. The van der Waals surface area contributed by atoms with E-state index in [0.717, 1.165) is 0 Å². The van der Waals surface area contributed by atoms with Crippen molar-refractivity contribution in [3.63, 3.8) is 0 Å². The van der Waals surface area contributed by atoms with E-state index >= 15 is 0 Å². The van der Waals surface area contributed by atoms with Gasteiger partial charge in [0.05, 0.1) is 6.10 Å². The van der Waals surface area contributed by atoms with Crippen molar-refractivity contribution in [2.75, 3.05) is 0 Å². The third-order valence-corrected chi connectivity index (χ3v) is 7.19. The van der Waals surface area contributed by atoms with E-state index in [4.69, 9.17) is 22.4 Å². The average Bonchev–Trinajstić information content (AvgIpc) is 2.25. The summed E-state index contributed by atoms with van der Waals surface area (Å²) in [6.07, 6.45) is -0.253. The smallest absolute Gasteiger partial charge is 0.187 e. The van der Waals surface area contributed by atoms with Crippen LogP contribution < -0.4 is 0 Å². The zero-order valence-electron chi connectivity index (χ0n) is 19.1. The molecule has 1 aliphatic rings. The summed E-state index contributed by atoms with van der Waals surface area (Å²) in [5.41, 5.74) is 0. The lowest BCUT2D eigenvalue weighted by atomic mass is 10.1. The fourth-order valence-electron chi connectivity index (χ4n) is 2.80. The van der Waals surface area contributed by atoms with Crippen LogP contribution >= 0.6 is 0 Å². The van der Waals surface area contributed by atoms with Crippen LogP contribution in [-0.2, 0) is 22.4 Å². The molecule has 1 fully saturated rings. The predicted molar refractivity (Wildman–Crippen MR) is 119 cm³/mol. The van der Waals surface area contributed by atoms with Crippen molar-refractivity contribution in [2.24, 2.45) is 0 Å². The van der Waals surface area contributed by atoms with Crippen molar-refractivity contribution >= 4 is 33.3 Å². The zero-order valence-corrected chi connectivity index (χ0v) is 23.1. The molecule has 0 saturated carbocycles. The van der Waals surface area contributed by atoms with Gasteiger partial charge in [0.15, 0.2) is 45.8 Å². The minimum Gasteiger partial charge on any atom is -0.412 e. The number of rotatable bonds is 8. The van der Waals surface area contributed by atoms with Gasteiger partial charge >= 0.3 is 0 Å². The number of hydrogen-bond donors (Lipinski definition) is 0. The van der Waals surface area contributed by atoms with Crippen molar-refractivity contribution in [1.82, 2.24) is 0 Å². The van der Waals surface area contributed by atoms with Crippen LogP contribution in [0.25, 0.3) is 0 Å². The number of ether oxygens (including phenoxy) is 1. The van der Waals surface area contributed by atoms with Gasteiger partial charge in [-0.3, -0.25) is 0 Å². The van der Waals surface area contributed by atoms with Gasteiger partial charge in [0.1, 0.15) is 6.10 Å². The molecule has 1 heterocycles. The molecule has 26 heavy (non-hydrogen) atoms. The van der Waals surface area contributed by atoms with Crippen LogP contribution in [0.2, 0.25) is 78.6 Å². The molecule has 0 aromatic heterocycles. The Morgan fingerprint density at radius 2 is 1.00 bits per heavy atom. The molecule has 0 spiro atoms. The molecule has 4 atom stereocenters. The van der Waals surface area contributed by atoms with E-state index in [0.29, 0.717) is 6.42 Å². The molecule has 0 amide bonds. The van der Waals surface area contributed by atoms with Crippen LogP contribution in [0, 0.1) is 0 Å². The van der Waals surface area contributed by atoms with E-state index in [9.17, 15) is 0 Å². The molecule has 156 valence electrons. The van der Waals surface area contributed by atoms with E-state index in [1.807, 2.05) is 0 Å². The van der Waals surface area contributed by atoms with Crippen molar-refractivity contribution in [3.05, 3.63) is 0 Å².